The van der Waals surface area contributed by atoms with Gasteiger partial charge in [-0.3, -0.25) is 9.11 Å². The van der Waals surface area contributed by atoms with Crippen molar-refractivity contribution >= 4 is 30.2 Å². The van der Waals surface area contributed by atoms with Crippen LogP contribution in [0.4, 0.5) is 0 Å². The summed E-state index contributed by atoms with van der Waals surface area (Å²) in [5.41, 5.74) is 0. The summed E-state index contributed by atoms with van der Waals surface area (Å²) in [5.74, 6) is 0. The van der Waals surface area contributed by atoms with Crippen molar-refractivity contribution in [3.8, 4) is 0 Å². The van der Waals surface area contributed by atoms with E-state index in [-0.39, 0.29) is 18.9 Å². The van der Waals surface area contributed by atoms with Gasteiger partial charge >= 0.3 is 18.9 Å². The molecule has 0 radical (unpaired) electrons. The minimum absolute atomic E-state index is 0. The monoisotopic (exact) mass is 90.0 g/mol. The Morgan fingerprint density at radius 1 is 1.40 bits per heavy atom. The van der Waals surface area contributed by atoms with Crippen LogP contribution in [0.25, 0.3) is 0 Å². The van der Waals surface area contributed by atoms with Gasteiger partial charge in [0.05, 0.1) is 0 Å². The van der Waals surface area contributed by atoms with E-state index in [4.69, 9.17) is 13.3 Å². The topological polar surface area (TPSA) is 57.5 Å². The summed E-state index contributed by atoms with van der Waals surface area (Å²) in [6.45, 7) is 0. The number of hydrogen-bond donors (Lipinski definition) is 2. The average Bonchev–Trinajstić information content (AvgIpc) is 0.811. The molecule has 0 spiro atoms. The molecular formula is H3LiO3S. The van der Waals surface area contributed by atoms with Crippen LogP contribution in [0.15, 0.2) is 0 Å². The molecule has 0 unspecified atom stereocenters. The van der Waals surface area contributed by atoms with Gasteiger partial charge in [-0.2, -0.15) is 4.21 Å². The SMILES string of the molecule is O=S(O)O.[LiH]. The van der Waals surface area contributed by atoms with E-state index in [1.807, 2.05) is 0 Å². The van der Waals surface area contributed by atoms with E-state index in [9.17, 15) is 0 Å². The third-order valence-electron chi connectivity index (χ3n) is 0. The zero-order valence-electron chi connectivity index (χ0n) is 1.71. The third-order valence-corrected chi connectivity index (χ3v) is 0. The average molecular weight is 90.0 g/mol. The first-order chi connectivity index (χ1) is 1.73. The van der Waals surface area contributed by atoms with Crippen LogP contribution in [0, 0.1) is 0 Å². The van der Waals surface area contributed by atoms with Crippen LogP contribution in [0.1, 0.15) is 0 Å². The number of rotatable bonds is 0. The molecule has 0 amide bonds. The summed E-state index contributed by atoms with van der Waals surface area (Å²) in [7, 11) is 0. The molecule has 2 N–H and O–H groups in total. The standard InChI is InChI=1S/Li.H2O3S.H/c;1-4(2)3;/h;(H2,1,2,3);. The van der Waals surface area contributed by atoms with Crippen LogP contribution in [-0.2, 0) is 11.4 Å². The molecule has 0 aromatic rings. The van der Waals surface area contributed by atoms with Crippen LogP contribution in [-0.4, -0.2) is 32.2 Å². The van der Waals surface area contributed by atoms with Gasteiger partial charge in [0.1, 0.15) is 0 Å². The zero-order chi connectivity index (χ0) is 3.58. The maximum atomic E-state index is 8.67. The number of hydrogen-bond acceptors (Lipinski definition) is 1. The van der Waals surface area contributed by atoms with Crippen molar-refractivity contribution in [1.29, 1.82) is 0 Å². The van der Waals surface area contributed by atoms with Crippen molar-refractivity contribution < 1.29 is 13.3 Å². The third kappa shape index (κ3) is 74.6. The predicted octanol–water partition coefficient (Wildman–Crippen LogP) is -0.967. The Balaban J connectivity index is 0. The molecule has 0 aromatic carbocycles. The fourth-order valence-corrected chi connectivity index (χ4v) is 0. The molecule has 0 heterocycles. The second-order valence-corrected chi connectivity index (χ2v) is 0.692. The molecule has 0 rings (SSSR count). The molecule has 0 aliphatic heterocycles. The van der Waals surface area contributed by atoms with Gasteiger partial charge in [0.25, 0.3) is 11.4 Å². The Labute approximate surface area is 44.1 Å². The van der Waals surface area contributed by atoms with Crippen LogP contribution >= 0.6 is 0 Å². The second-order valence-electron chi connectivity index (χ2n) is 0.231. The van der Waals surface area contributed by atoms with Gasteiger partial charge in [-0.25, -0.2) is 0 Å². The molecule has 28 valence electrons. The van der Waals surface area contributed by atoms with E-state index in [0.717, 1.165) is 0 Å². The normalized spacial score (nSPS) is 7.00. The van der Waals surface area contributed by atoms with E-state index < -0.39 is 11.4 Å². The summed E-state index contributed by atoms with van der Waals surface area (Å²) in [6, 6.07) is 0. The van der Waals surface area contributed by atoms with E-state index in [1.54, 1.807) is 0 Å². The van der Waals surface area contributed by atoms with Crippen molar-refractivity contribution in [2.45, 2.75) is 0 Å². The summed E-state index contributed by atoms with van der Waals surface area (Å²) >= 11 is -2.61. The molecule has 3 nitrogen and oxygen atoms in total. The first-order valence-corrected chi connectivity index (χ1v) is 1.60. The van der Waals surface area contributed by atoms with Crippen molar-refractivity contribution in [3.05, 3.63) is 0 Å². The molecule has 0 aromatic heterocycles. The van der Waals surface area contributed by atoms with Gasteiger partial charge in [-0.15, -0.1) is 0 Å². The Morgan fingerprint density at radius 3 is 1.40 bits per heavy atom. The van der Waals surface area contributed by atoms with Crippen LogP contribution < -0.4 is 0 Å². The first-order valence-electron chi connectivity index (χ1n) is 0.532. The van der Waals surface area contributed by atoms with Gasteiger partial charge < -0.3 is 0 Å². The maximum absolute atomic E-state index is 8.67. The van der Waals surface area contributed by atoms with Gasteiger partial charge in [0.2, 0.25) is 0 Å². The molecule has 0 saturated carbocycles. The van der Waals surface area contributed by atoms with Crippen molar-refractivity contribution in [1.82, 2.24) is 0 Å². The summed E-state index contributed by atoms with van der Waals surface area (Å²) in [6.07, 6.45) is 0. The first kappa shape index (κ1) is 9.18. The molecular weight excluding hydrogens is 87.0 g/mol. The van der Waals surface area contributed by atoms with E-state index in [1.165, 1.54) is 0 Å². The Bertz CT molecular complexity index is 29.9. The summed E-state index contributed by atoms with van der Waals surface area (Å²) < 4.78 is 22.8. The molecule has 0 saturated heterocycles. The molecule has 5 heavy (non-hydrogen) atoms. The molecule has 0 aliphatic carbocycles. The predicted molar refractivity (Wildman–Crippen MR) is 20.5 cm³/mol. The van der Waals surface area contributed by atoms with E-state index in [2.05, 4.69) is 0 Å². The van der Waals surface area contributed by atoms with Crippen LogP contribution in [0.3, 0.4) is 0 Å². The zero-order valence-corrected chi connectivity index (χ0v) is 2.53. The van der Waals surface area contributed by atoms with Gasteiger partial charge in [-0.05, 0) is 0 Å². The van der Waals surface area contributed by atoms with Crippen LogP contribution in [0.2, 0.25) is 0 Å². The summed E-state index contributed by atoms with van der Waals surface area (Å²) in [5, 5.41) is 0. The van der Waals surface area contributed by atoms with Gasteiger partial charge in [0, 0.05) is 0 Å². The van der Waals surface area contributed by atoms with E-state index >= 15 is 0 Å². The fourth-order valence-electron chi connectivity index (χ4n) is 0. The molecule has 0 aliphatic rings. The quantitative estimate of drug-likeness (QED) is 0.297. The van der Waals surface area contributed by atoms with Crippen molar-refractivity contribution in [2.24, 2.45) is 0 Å². The Hall–Kier alpha value is 0.667. The van der Waals surface area contributed by atoms with Crippen molar-refractivity contribution in [2.75, 3.05) is 0 Å². The minimum atomic E-state index is -2.61. The summed E-state index contributed by atoms with van der Waals surface area (Å²) in [4.78, 5) is 0. The molecule has 0 bridgehead atoms. The fraction of sp³-hybridized carbons (Fsp3) is 0. The Morgan fingerprint density at radius 2 is 1.40 bits per heavy atom. The molecule has 0 fully saturated rings. The second kappa shape index (κ2) is 4.67. The van der Waals surface area contributed by atoms with E-state index in [0.29, 0.717) is 0 Å². The van der Waals surface area contributed by atoms with Crippen LogP contribution in [0.5, 0.6) is 0 Å². The van der Waals surface area contributed by atoms with Gasteiger partial charge in [0.15, 0.2) is 0 Å². The Kier molecular flexibility index (Phi) is 8.57. The molecule has 0 atom stereocenters. The molecule has 5 heteroatoms. The van der Waals surface area contributed by atoms with Crippen molar-refractivity contribution in [3.63, 3.8) is 0 Å². The van der Waals surface area contributed by atoms with Gasteiger partial charge in [-0.1, -0.05) is 0 Å².